The van der Waals surface area contributed by atoms with Crippen molar-refractivity contribution in [1.29, 1.82) is 0 Å². The lowest BCUT2D eigenvalue weighted by molar-refractivity contribution is -0.117. The molecule has 0 aliphatic heterocycles. The van der Waals surface area contributed by atoms with Crippen LogP contribution in [-0.4, -0.2) is 30.9 Å². The molecule has 1 amide bonds. The number of hydrogen-bond donors (Lipinski definition) is 2. The minimum Gasteiger partial charge on any atom is -0.397 e. The molecule has 1 aromatic carbocycles. The lowest BCUT2D eigenvalue weighted by Crippen LogP contribution is -2.30. The van der Waals surface area contributed by atoms with E-state index in [0.29, 0.717) is 17.9 Å². The number of carbonyl (C=O) groups is 1. The summed E-state index contributed by atoms with van der Waals surface area (Å²) in [6, 6.07) is 7.26. The highest BCUT2D eigenvalue weighted by atomic mass is 16.2. The largest absolute Gasteiger partial charge is 0.397 e. The van der Waals surface area contributed by atoms with E-state index in [1.54, 1.807) is 12.1 Å². The summed E-state index contributed by atoms with van der Waals surface area (Å²) in [4.78, 5) is 13.6. The van der Waals surface area contributed by atoms with Gasteiger partial charge in [0.15, 0.2) is 0 Å². The molecule has 0 saturated heterocycles. The highest BCUT2D eigenvalue weighted by Gasteiger charge is 2.07. The SMILES string of the molecule is CCCN(C)CC(=O)Nc1ccccc1N. The number of rotatable bonds is 5. The third kappa shape index (κ3) is 3.90. The van der Waals surface area contributed by atoms with Gasteiger partial charge in [0.25, 0.3) is 0 Å². The number of nitrogens with two attached hydrogens (primary N) is 1. The van der Waals surface area contributed by atoms with Crippen molar-refractivity contribution in [2.24, 2.45) is 0 Å². The molecule has 0 fully saturated rings. The zero-order valence-corrected chi connectivity index (χ0v) is 9.86. The van der Waals surface area contributed by atoms with Gasteiger partial charge in [0.1, 0.15) is 0 Å². The third-order valence-electron chi connectivity index (χ3n) is 2.25. The quantitative estimate of drug-likeness (QED) is 0.742. The Labute approximate surface area is 96.4 Å². The smallest absolute Gasteiger partial charge is 0.238 e. The van der Waals surface area contributed by atoms with Crippen molar-refractivity contribution in [2.45, 2.75) is 13.3 Å². The maximum Gasteiger partial charge on any atom is 0.238 e. The van der Waals surface area contributed by atoms with Gasteiger partial charge in [-0.1, -0.05) is 19.1 Å². The van der Waals surface area contributed by atoms with Crippen LogP contribution in [0.4, 0.5) is 11.4 Å². The van der Waals surface area contributed by atoms with Crippen LogP contribution in [0.15, 0.2) is 24.3 Å². The van der Waals surface area contributed by atoms with E-state index >= 15 is 0 Å². The first-order valence-corrected chi connectivity index (χ1v) is 5.46. The summed E-state index contributed by atoms with van der Waals surface area (Å²) in [5, 5.41) is 2.79. The van der Waals surface area contributed by atoms with Crippen LogP contribution in [0.3, 0.4) is 0 Å². The van der Waals surface area contributed by atoms with Crippen LogP contribution in [0, 0.1) is 0 Å². The Bertz CT molecular complexity index is 352. The molecule has 0 heterocycles. The predicted molar refractivity (Wildman–Crippen MR) is 67.3 cm³/mol. The van der Waals surface area contributed by atoms with Crippen molar-refractivity contribution in [3.63, 3.8) is 0 Å². The molecule has 88 valence electrons. The molecule has 1 rings (SSSR count). The second-order valence-electron chi connectivity index (χ2n) is 3.87. The fourth-order valence-electron chi connectivity index (χ4n) is 1.51. The molecule has 0 aromatic heterocycles. The Kier molecular flexibility index (Phi) is 4.79. The van der Waals surface area contributed by atoms with Crippen molar-refractivity contribution in [1.82, 2.24) is 4.90 Å². The summed E-state index contributed by atoms with van der Waals surface area (Å²) >= 11 is 0. The van der Waals surface area contributed by atoms with E-state index in [-0.39, 0.29) is 5.91 Å². The summed E-state index contributed by atoms with van der Waals surface area (Å²) in [7, 11) is 1.93. The van der Waals surface area contributed by atoms with Crippen molar-refractivity contribution in [3.05, 3.63) is 24.3 Å². The Balaban J connectivity index is 2.49. The van der Waals surface area contributed by atoms with E-state index in [2.05, 4.69) is 12.2 Å². The maximum atomic E-state index is 11.6. The lowest BCUT2D eigenvalue weighted by Gasteiger charge is -2.15. The predicted octanol–water partition coefficient (Wildman–Crippen LogP) is 1.55. The van der Waals surface area contributed by atoms with Gasteiger partial charge in [-0.15, -0.1) is 0 Å². The van der Waals surface area contributed by atoms with Gasteiger partial charge >= 0.3 is 0 Å². The molecule has 0 bridgehead atoms. The van der Waals surface area contributed by atoms with Crippen molar-refractivity contribution in [2.75, 3.05) is 31.2 Å². The van der Waals surface area contributed by atoms with Gasteiger partial charge in [-0.3, -0.25) is 9.69 Å². The topological polar surface area (TPSA) is 58.4 Å². The number of nitrogens with zero attached hydrogens (tertiary/aromatic N) is 1. The fraction of sp³-hybridized carbons (Fsp3) is 0.417. The summed E-state index contributed by atoms with van der Waals surface area (Å²) in [6.45, 7) is 3.39. The molecule has 16 heavy (non-hydrogen) atoms. The lowest BCUT2D eigenvalue weighted by atomic mass is 10.2. The van der Waals surface area contributed by atoms with Crippen LogP contribution in [-0.2, 0) is 4.79 Å². The van der Waals surface area contributed by atoms with Gasteiger partial charge in [0.05, 0.1) is 17.9 Å². The molecule has 4 nitrogen and oxygen atoms in total. The van der Waals surface area contributed by atoms with Crippen LogP contribution >= 0.6 is 0 Å². The first kappa shape index (κ1) is 12.5. The summed E-state index contributed by atoms with van der Waals surface area (Å²) < 4.78 is 0. The first-order chi connectivity index (χ1) is 7.63. The summed E-state index contributed by atoms with van der Waals surface area (Å²) in [6.07, 6.45) is 1.04. The van der Waals surface area contributed by atoms with Crippen molar-refractivity contribution >= 4 is 17.3 Å². The number of nitrogens with one attached hydrogen (secondary N) is 1. The van der Waals surface area contributed by atoms with Crippen LogP contribution in [0.2, 0.25) is 0 Å². The van der Waals surface area contributed by atoms with Gasteiger partial charge in [-0.25, -0.2) is 0 Å². The second kappa shape index (κ2) is 6.12. The molecule has 0 saturated carbocycles. The van der Waals surface area contributed by atoms with E-state index in [4.69, 9.17) is 5.73 Å². The van der Waals surface area contributed by atoms with Crippen LogP contribution in [0.5, 0.6) is 0 Å². The normalized spacial score (nSPS) is 10.4. The number of para-hydroxylation sites is 2. The minimum absolute atomic E-state index is 0.0335. The molecule has 0 aliphatic rings. The highest BCUT2D eigenvalue weighted by Crippen LogP contribution is 2.16. The van der Waals surface area contributed by atoms with E-state index < -0.39 is 0 Å². The van der Waals surface area contributed by atoms with E-state index in [0.717, 1.165) is 13.0 Å². The van der Waals surface area contributed by atoms with Crippen LogP contribution in [0.1, 0.15) is 13.3 Å². The molecule has 0 aliphatic carbocycles. The Morgan fingerprint density at radius 1 is 1.44 bits per heavy atom. The molecular formula is C12H19N3O. The number of hydrogen-bond acceptors (Lipinski definition) is 3. The fourth-order valence-corrected chi connectivity index (χ4v) is 1.51. The average molecular weight is 221 g/mol. The van der Waals surface area contributed by atoms with E-state index in [1.165, 1.54) is 0 Å². The highest BCUT2D eigenvalue weighted by molar-refractivity contribution is 5.95. The zero-order chi connectivity index (χ0) is 12.0. The number of nitrogen functional groups attached to an aromatic ring is 1. The standard InChI is InChI=1S/C12H19N3O/c1-3-8-15(2)9-12(16)14-11-7-5-4-6-10(11)13/h4-7H,3,8-9,13H2,1-2H3,(H,14,16). The zero-order valence-electron chi connectivity index (χ0n) is 9.86. The molecule has 0 radical (unpaired) electrons. The number of benzene rings is 1. The van der Waals surface area contributed by atoms with Gasteiger partial charge in [-0.05, 0) is 32.1 Å². The second-order valence-corrected chi connectivity index (χ2v) is 3.87. The third-order valence-corrected chi connectivity index (χ3v) is 2.25. The number of carbonyl (C=O) groups excluding carboxylic acids is 1. The van der Waals surface area contributed by atoms with Crippen LogP contribution < -0.4 is 11.1 Å². The summed E-state index contributed by atoms with van der Waals surface area (Å²) in [5.41, 5.74) is 7.00. The molecule has 1 aromatic rings. The number of likely N-dealkylation sites (N-methyl/N-ethyl adjacent to an activating group) is 1. The number of anilines is 2. The molecular weight excluding hydrogens is 202 g/mol. The van der Waals surface area contributed by atoms with Gasteiger partial charge < -0.3 is 11.1 Å². The van der Waals surface area contributed by atoms with Crippen molar-refractivity contribution in [3.8, 4) is 0 Å². The minimum atomic E-state index is -0.0335. The first-order valence-electron chi connectivity index (χ1n) is 5.46. The van der Waals surface area contributed by atoms with Gasteiger partial charge in [0.2, 0.25) is 5.91 Å². The van der Waals surface area contributed by atoms with E-state index in [1.807, 2.05) is 24.1 Å². The molecule has 0 unspecified atom stereocenters. The van der Waals surface area contributed by atoms with Crippen LogP contribution in [0.25, 0.3) is 0 Å². The number of amides is 1. The van der Waals surface area contributed by atoms with Crippen molar-refractivity contribution < 1.29 is 4.79 Å². The van der Waals surface area contributed by atoms with Gasteiger partial charge in [0, 0.05) is 0 Å². The maximum absolute atomic E-state index is 11.6. The Hall–Kier alpha value is -1.55. The Morgan fingerprint density at radius 2 is 2.12 bits per heavy atom. The molecule has 4 heteroatoms. The average Bonchev–Trinajstić information content (AvgIpc) is 2.21. The Morgan fingerprint density at radius 3 is 2.75 bits per heavy atom. The molecule has 0 spiro atoms. The van der Waals surface area contributed by atoms with E-state index in [9.17, 15) is 4.79 Å². The molecule has 0 atom stereocenters. The summed E-state index contributed by atoms with van der Waals surface area (Å²) in [5.74, 6) is -0.0335. The van der Waals surface area contributed by atoms with Gasteiger partial charge in [-0.2, -0.15) is 0 Å². The monoisotopic (exact) mass is 221 g/mol. The molecule has 3 N–H and O–H groups in total.